The van der Waals surface area contributed by atoms with Crippen molar-refractivity contribution in [1.82, 2.24) is 10.0 Å². The molecular weight excluding hydrogens is 184 g/mol. The quantitative estimate of drug-likeness (QED) is 0.694. The van der Waals surface area contributed by atoms with E-state index in [2.05, 4.69) is 0 Å². The van der Waals surface area contributed by atoms with E-state index < -0.39 is 5.97 Å². The number of carbonyl (C=O) groups is 2. The number of aliphatic carboxylic acids is 1. The SMILES string of the molecule is O=C(O)CCN1C(=O)CCN1C1CC1. The molecule has 1 aliphatic heterocycles. The second kappa shape index (κ2) is 3.57. The van der Waals surface area contributed by atoms with Gasteiger partial charge in [0.2, 0.25) is 5.91 Å². The summed E-state index contributed by atoms with van der Waals surface area (Å²) in [5.74, 6) is -0.779. The summed E-state index contributed by atoms with van der Waals surface area (Å²) in [5.41, 5.74) is 0. The third-order valence-electron chi connectivity index (χ3n) is 2.66. The fourth-order valence-corrected chi connectivity index (χ4v) is 1.81. The first kappa shape index (κ1) is 9.45. The van der Waals surface area contributed by atoms with Crippen LogP contribution in [0.25, 0.3) is 0 Å². The summed E-state index contributed by atoms with van der Waals surface area (Å²) in [6.07, 6.45) is 2.85. The van der Waals surface area contributed by atoms with Crippen molar-refractivity contribution in [1.29, 1.82) is 0 Å². The van der Waals surface area contributed by atoms with Crippen LogP contribution in [0.3, 0.4) is 0 Å². The van der Waals surface area contributed by atoms with Crippen LogP contribution in [0.2, 0.25) is 0 Å². The number of amides is 1. The van der Waals surface area contributed by atoms with Gasteiger partial charge in [0.15, 0.2) is 0 Å². The van der Waals surface area contributed by atoms with Crippen LogP contribution in [-0.2, 0) is 9.59 Å². The maximum atomic E-state index is 11.4. The summed E-state index contributed by atoms with van der Waals surface area (Å²) in [7, 11) is 0. The summed E-state index contributed by atoms with van der Waals surface area (Å²) in [5, 5.41) is 12.2. The van der Waals surface area contributed by atoms with E-state index in [-0.39, 0.29) is 12.3 Å². The molecule has 1 N–H and O–H groups in total. The molecule has 0 aromatic heterocycles. The first-order valence-corrected chi connectivity index (χ1v) is 4.97. The Balaban J connectivity index is 1.91. The third kappa shape index (κ3) is 1.87. The van der Waals surface area contributed by atoms with Crippen LogP contribution in [0.15, 0.2) is 0 Å². The highest BCUT2D eigenvalue weighted by Crippen LogP contribution is 2.31. The van der Waals surface area contributed by atoms with Crippen molar-refractivity contribution in [3.05, 3.63) is 0 Å². The van der Waals surface area contributed by atoms with Crippen molar-refractivity contribution in [3.63, 3.8) is 0 Å². The van der Waals surface area contributed by atoms with Gasteiger partial charge >= 0.3 is 5.97 Å². The Kier molecular flexibility index (Phi) is 2.41. The lowest BCUT2D eigenvalue weighted by Crippen LogP contribution is -2.41. The number of hydrogen-bond donors (Lipinski definition) is 1. The molecule has 1 amide bonds. The molecule has 0 unspecified atom stereocenters. The fourth-order valence-electron chi connectivity index (χ4n) is 1.81. The van der Waals surface area contributed by atoms with Crippen LogP contribution in [-0.4, -0.2) is 46.1 Å². The molecule has 2 fully saturated rings. The van der Waals surface area contributed by atoms with Crippen LogP contribution in [0.5, 0.6) is 0 Å². The Bertz CT molecular complexity index is 263. The average Bonchev–Trinajstić information content (AvgIpc) is 2.88. The van der Waals surface area contributed by atoms with Crippen molar-refractivity contribution >= 4 is 11.9 Å². The Morgan fingerprint density at radius 1 is 1.50 bits per heavy atom. The maximum absolute atomic E-state index is 11.4. The third-order valence-corrected chi connectivity index (χ3v) is 2.66. The minimum Gasteiger partial charge on any atom is -0.481 e. The molecule has 2 aliphatic rings. The first-order chi connectivity index (χ1) is 6.68. The molecule has 0 aromatic carbocycles. The number of hydrazine groups is 1. The van der Waals surface area contributed by atoms with E-state index in [1.165, 1.54) is 0 Å². The van der Waals surface area contributed by atoms with E-state index in [0.717, 1.165) is 19.4 Å². The second-order valence-electron chi connectivity index (χ2n) is 3.80. The minimum atomic E-state index is -0.847. The predicted molar refractivity (Wildman–Crippen MR) is 48.3 cm³/mol. The normalized spacial score (nSPS) is 23.1. The fraction of sp³-hybridized carbons (Fsp3) is 0.778. The number of carboxylic acid groups (broad SMARTS) is 1. The summed E-state index contributed by atoms with van der Waals surface area (Å²) in [6.45, 7) is 1.09. The standard InChI is InChI=1S/C9H14N2O3/c12-8-3-5-10(7-1-2-7)11(8)6-4-9(13)14/h7H,1-6H2,(H,13,14). The topological polar surface area (TPSA) is 60.9 Å². The molecule has 5 nitrogen and oxygen atoms in total. The van der Waals surface area contributed by atoms with Gasteiger partial charge in [-0.25, -0.2) is 5.01 Å². The first-order valence-electron chi connectivity index (χ1n) is 4.97. The summed E-state index contributed by atoms with van der Waals surface area (Å²) < 4.78 is 0. The molecular formula is C9H14N2O3. The molecule has 78 valence electrons. The Morgan fingerprint density at radius 3 is 2.79 bits per heavy atom. The van der Waals surface area contributed by atoms with Crippen LogP contribution >= 0.6 is 0 Å². The summed E-state index contributed by atoms with van der Waals surface area (Å²) >= 11 is 0. The monoisotopic (exact) mass is 198 g/mol. The molecule has 1 saturated heterocycles. The largest absolute Gasteiger partial charge is 0.481 e. The van der Waals surface area contributed by atoms with E-state index in [4.69, 9.17) is 5.11 Å². The zero-order chi connectivity index (χ0) is 10.1. The molecule has 0 aromatic rings. The van der Waals surface area contributed by atoms with Gasteiger partial charge in [0, 0.05) is 25.6 Å². The lowest BCUT2D eigenvalue weighted by Gasteiger charge is -2.27. The Labute approximate surface area is 82.3 Å². The van der Waals surface area contributed by atoms with Crippen molar-refractivity contribution in [2.24, 2.45) is 0 Å². The molecule has 5 heteroatoms. The maximum Gasteiger partial charge on any atom is 0.305 e. The molecule has 0 bridgehead atoms. The molecule has 1 saturated carbocycles. The number of hydrogen-bond acceptors (Lipinski definition) is 3. The number of carboxylic acids is 1. The van der Waals surface area contributed by atoms with Gasteiger partial charge in [-0.15, -0.1) is 0 Å². The van der Waals surface area contributed by atoms with Crippen molar-refractivity contribution in [2.45, 2.75) is 31.7 Å². The molecule has 14 heavy (non-hydrogen) atoms. The van der Waals surface area contributed by atoms with Gasteiger partial charge in [0.25, 0.3) is 0 Å². The zero-order valence-corrected chi connectivity index (χ0v) is 7.98. The van der Waals surface area contributed by atoms with Gasteiger partial charge in [-0.1, -0.05) is 0 Å². The van der Waals surface area contributed by atoms with Crippen LogP contribution < -0.4 is 0 Å². The molecule has 1 aliphatic carbocycles. The highest BCUT2D eigenvalue weighted by molar-refractivity contribution is 5.78. The number of rotatable bonds is 4. The average molecular weight is 198 g/mol. The van der Waals surface area contributed by atoms with Crippen molar-refractivity contribution in [2.75, 3.05) is 13.1 Å². The van der Waals surface area contributed by atoms with Gasteiger partial charge in [-0.05, 0) is 12.8 Å². The molecule has 0 radical (unpaired) electrons. The lowest BCUT2D eigenvalue weighted by atomic mass is 10.4. The smallest absolute Gasteiger partial charge is 0.305 e. The Morgan fingerprint density at radius 2 is 2.21 bits per heavy atom. The van der Waals surface area contributed by atoms with Crippen molar-refractivity contribution < 1.29 is 14.7 Å². The second-order valence-corrected chi connectivity index (χ2v) is 3.80. The van der Waals surface area contributed by atoms with E-state index in [1.807, 2.05) is 5.01 Å². The van der Waals surface area contributed by atoms with E-state index in [1.54, 1.807) is 5.01 Å². The number of nitrogens with zero attached hydrogens (tertiary/aromatic N) is 2. The number of carbonyl (C=O) groups excluding carboxylic acids is 1. The van der Waals surface area contributed by atoms with E-state index >= 15 is 0 Å². The molecule has 0 atom stereocenters. The summed E-state index contributed by atoms with van der Waals surface area (Å²) in [4.78, 5) is 21.8. The van der Waals surface area contributed by atoms with Gasteiger partial charge in [-0.3, -0.25) is 14.6 Å². The highest BCUT2D eigenvalue weighted by atomic mass is 16.4. The molecule has 0 spiro atoms. The highest BCUT2D eigenvalue weighted by Gasteiger charge is 2.39. The van der Waals surface area contributed by atoms with Gasteiger partial charge < -0.3 is 5.11 Å². The van der Waals surface area contributed by atoms with Crippen LogP contribution in [0.4, 0.5) is 0 Å². The van der Waals surface area contributed by atoms with Gasteiger partial charge in [0.1, 0.15) is 0 Å². The molecule has 1 heterocycles. The lowest BCUT2D eigenvalue weighted by molar-refractivity contribution is -0.143. The van der Waals surface area contributed by atoms with Crippen LogP contribution in [0.1, 0.15) is 25.7 Å². The minimum absolute atomic E-state index is 0.0367. The molecule has 2 rings (SSSR count). The predicted octanol–water partition coefficient (Wildman–Crippen LogP) is 0.0728. The van der Waals surface area contributed by atoms with Gasteiger partial charge in [0.05, 0.1) is 6.42 Å². The van der Waals surface area contributed by atoms with E-state index in [0.29, 0.717) is 19.0 Å². The van der Waals surface area contributed by atoms with Crippen molar-refractivity contribution in [3.8, 4) is 0 Å². The zero-order valence-electron chi connectivity index (χ0n) is 7.98. The van der Waals surface area contributed by atoms with E-state index in [9.17, 15) is 9.59 Å². The summed E-state index contributed by atoms with van der Waals surface area (Å²) in [6, 6.07) is 0.496. The Hall–Kier alpha value is -1.10. The van der Waals surface area contributed by atoms with Gasteiger partial charge in [-0.2, -0.15) is 0 Å². The van der Waals surface area contributed by atoms with Crippen LogP contribution in [0, 0.1) is 0 Å².